The minimum atomic E-state index is -3.84. The number of benzene rings is 1. The van der Waals surface area contributed by atoms with Crippen LogP contribution in [0.25, 0.3) is 0 Å². The first-order chi connectivity index (χ1) is 15.9. The minimum absolute atomic E-state index is 0.0413. The van der Waals surface area contributed by atoms with Crippen LogP contribution < -0.4 is 4.90 Å². The summed E-state index contributed by atoms with van der Waals surface area (Å²) >= 11 is 0. The SMILES string of the molecule is COCC12CN(S(=O)(=O)c3ccccc3)CC(=O)N1CC1(CCN(c3ccncc3)CC1)O2. The Morgan fingerprint density at radius 1 is 1.06 bits per heavy atom. The van der Waals surface area contributed by atoms with Crippen LogP contribution in [0.2, 0.25) is 0 Å². The number of piperazine rings is 1. The van der Waals surface area contributed by atoms with Crippen LogP contribution in [0, 0.1) is 0 Å². The molecule has 0 aliphatic carbocycles. The Morgan fingerprint density at radius 2 is 1.76 bits per heavy atom. The molecule has 33 heavy (non-hydrogen) atoms. The molecule has 3 aliphatic heterocycles. The van der Waals surface area contributed by atoms with Crippen molar-refractivity contribution in [2.75, 3.05) is 51.3 Å². The van der Waals surface area contributed by atoms with E-state index >= 15 is 0 Å². The number of sulfonamides is 1. The molecule has 0 radical (unpaired) electrons. The summed E-state index contributed by atoms with van der Waals surface area (Å²) in [5, 5.41) is 0. The van der Waals surface area contributed by atoms with E-state index in [0.717, 1.165) is 31.6 Å². The Bertz CT molecular complexity index is 1110. The average molecular weight is 473 g/mol. The fourth-order valence-corrected chi connectivity index (χ4v) is 6.65. The number of carbonyl (C=O) groups is 1. The Kier molecular flexibility index (Phi) is 5.64. The molecule has 1 unspecified atom stereocenters. The van der Waals surface area contributed by atoms with E-state index in [0.29, 0.717) is 6.54 Å². The molecule has 4 heterocycles. The summed E-state index contributed by atoms with van der Waals surface area (Å²) in [5.41, 5.74) is -0.548. The van der Waals surface area contributed by atoms with E-state index in [1.54, 1.807) is 54.7 Å². The molecule has 1 aromatic carbocycles. The first kappa shape index (κ1) is 22.3. The van der Waals surface area contributed by atoms with Crippen molar-refractivity contribution in [2.24, 2.45) is 0 Å². The largest absolute Gasteiger partial charge is 0.380 e. The zero-order valence-corrected chi connectivity index (χ0v) is 19.4. The van der Waals surface area contributed by atoms with Crippen LogP contribution in [0.5, 0.6) is 0 Å². The standard InChI is InChI=1S/C23H28N4O5S/c1-31-18-23-17-26(33(29,30)20-5-3-2-4-6-20)15-21(28)27(23)16-22(32-23)9-13-25(14-10-22)19-7-11-24-12-8-19/h2-8,11-12H,9-10,13-18H2,1H3. The third kappa shape index (κ3) is 3.90. The maximum Gasteiger partial charge on any atom is 0.243 e. The van der Waals surface area contributed by atoms with Crippen LogP contribution in [0.3, 0.4) is 0 Å². The number of pyridine rings is 1. The van der Waals surface area contributed by atoms with E-state index in [9.17, 15) is 13.2 Å². The van der Waals surface area contributed by atoms with Crippen molar-refractivity contribution in [1.82, 2.24) is 14.2 Å². The molecule has 5 rings (SSSR count). The Hall–Kier alpha value is -2.53. The fraction of sp³-hybridized carbons (Fsp3) is 0.478. The molecule has 1 atom stereocenters. The maximum atomic E-state index is 13.3. The number of piperidine rings is 1. The monoisotopic (exact) mass is 472 g/mol. The maximum absolute atomic E-state index is 13.3. The summed E-state index contributed by atoms with van der Waals surface area (Å²) < 4.78 is 39.9. The van der Waals surface area contributed by atoms with Crippen LogP contribution in [0.4, 0.5) is 5.69 Å². The molecule has 3 saturated heterocycles. The quantitative estimate of drug-likeness (QED) is 0.648. The van der Waals surface area contributed by atoms with Crippen LogP contribution in [-0.4, -0.2) is 86.3 Å². The van der Waals surface area contributed by atoms with E-state index in [2.05, 4.69) is 9.88 Å². The number of anilines is 1. The fourth-order valence-electron chi connectivity index (χ4n) is 5.20. The molecule has 1 aromatic heterocycles. The smallest absolute Gasteiger partial charge is 0.243 e. The zero-order chi connectivity index (χ0) is 23.1. The van der Waals surface area contributed by atoms with E-state index < -0.39 is 21.3 Å². The Labute approximate surface area is 193 Å². The van der Waals surface area contributed by atoms with Gasteiger partial charge in [0.25, 0.3) is 0 Å². The minimum Gasteiger partial charge on any atom is -0.380 e. The van der Waals surface area contributed by atoms with Gasteiger partial charge in [0.1, 0.15) is 0 Å². The van der Waals surface area contributed by atoms with Gasteiger partial charge in [-0.3, -0.25) is 9.78 Å². The average Bonchev–Trinajstić information content (AvgIpc) is 3.15. The molecule has 0 bridgehead atoms. The van der Waals surface area contributed by atoms with Gasteiger partial charge < -0.3 is 19.3 Å². The van der Waals surface area contributed by atoms with Crippen LogP contribution in [0.15, 0.2) is 59.8 Å². The summed E-state index contributed by atoms with van der Waals surface area (Å²) in [4.78, 5) is 21.5. The molecule has 10 heteroatoms. The number of nitrogens with zero attached hydrogens (tertiary/aromatic N) is 4. The predicted molar refractivity (Wildman–Crippen MR) is 121 cm³/mol. The number of fused-ring (bicyclic) bond motifs is 1. The van der Waals surface area contributed by atoms with Gasteiger partial charge in [-0.15, -0.1) is 0 Å². The molecule has 1 amide bonds. The van der Waals surface area contributed by atoms with Crippen LogP contribution >= 0.6 is 0 Å². The second kappa shape index (κ2) is 8.35. The van der Waals surface area contributed by atoms with E-state index in [-0.39, 0.29) is 30.5 Å². The lowest BCUT2D eigenvalue weighted by molar-refractivity contribution is -0.194. The zero-order valence-electron chi connectivity index (χ0n) is 18.6. The Morgan fingerprint density at radius 3 is 2.42 bits per heavy atom. The summed E-state index contributed by atoms with van der Waals surface area (Å²) in [6, 6.07) is 12.2. The lowest BCUT2D eigenvalue weighted by atomic mass is 9.91. The number of methoxy groups -OCH3 is 1. The highest BCUT2D eigenvalue weighted by Gasteiger charge is 2.60. The molecule has 2 aromatic rings. The highest BCUT2D eigenvalue weighted by molar-refractivity contribution is 7.89. The number of aromatic nitrogens is 1. The molecule has 0 N–H and O–H groups in total. The Balaban J connectivity index is 1.39. The molecular weight excluding hydrogens is 444 g/mol. The second-order valence-electron chi connectivity index (χ2n) is 8.92. The number of rotatable bonds is 5. The van der Waals surface area contributed by atoms with Crippen molar-refractivity contribution in [2.45, 2.75) is 29.1 Å². The molecule has 3 fully saturated rings. The number of amides is 1. The molecule has 176 valence electrons. The summed E-state index contributed by atoms with van der Waals surface area (Å²) in [6.07, 6.45) is 5.02. The first-order valence-electron chi connectivity index (χ1n) is 11.1. The van der Waals surface area contributed by atoms with Gasteiger partial charge in [0, 0.05) is 38.3 Å². The van der Waals surface area contributed by atoms with Crippen LogP contribution in [0.1, 0.15) is 12.8 Å². The number of ether oxygens (including phenoxy) is 2. The van der Waals surface area contributed by atoms with E-state index in [1.165, 1.54) is 4.31 Å². The van der Waals surface area contributed by atoms with Gasteiger partial charge in [0.15, 0.2) is 5.72 Å². The van der Waals surface area contributed by atoms with Crippen molar-refractivity contribution in [3.8, 4) is 0 Å². The lowest BCUT2D eigenvalue weighted by Gasteiger charge is -2.44. The van der Waals surface area contributed by atoms with Crippen LogP contribution in [-0.2, 0) is 24.3 Å². The molecular formula is C23H28N4O5S. The van der Waals surface area contributed by atoms with Gasteiger partial charge in [-0.1, -0.05) is 18.2 Å². The number of carbonyl (C=O) groups excluding carboxylic acids is 1. The highest BCUT2D eigenvalue weighted by Crippen LogP contribution is 2.44. The number of hydrogen-bond acceptors (Lipinski definition) is 7. The molecule has 3 aliphatic rings. The first-order valence-corrected chi connectivity index (χ1v) is 12.5. The third-order valence-corrected chi connectivity index (χ3v) is 8.64. The van der Waals surface area contributed by atoms with Crippen molar-refractivity contribution in [3.63, 3.8) is 0 Å². The third-order valence-electron chi connectivity index (χ3n) is 6.83. The summed E-state index contributed by atoms with van der Waals surface area (Å²) in [7, 11) is -2.30. The topological polar surface area (TPSA) is 92.3 Å². The second-order valence-corrected chi connectivity index (χ2v) is 10.9. The van der Waals surface area contributed by atoms with Crippen molar-refractivity contribution < 1.29 is 22.7 Å². The summed E-state index contributed by atoms with van der Waals surface area (Å²) in [6.45, 7) is 1.95. The lowest BCUT2D eigenvalue weighted by Crippen LogP contribution is -2.65. The molecule has 1 spiro atoms. The normalized spacial score (nSPS) is 25.4. The van der Waals surface area contributed by atoms with Gasteiger partial charge in [-0.05, 0) is 37.1 Å². The van der Waals surface area contributed by atoms with Gasteiger partial charge in [-0.2, -0.15) is 4.31 Å². The van der Waals surface area contributed by atoms with Gasteiger partial charge in [0.2, 0.25) is 15.9 Å². The van der Waals surface area contributed by atoms with Crippen molar-refractivity contribution in [1.29, 1.82) is 0 Å². The highest BCUT2D eigenvalue weighted by atomic mass is 32.2. The molecule has 9 nitrogen and oxygen atoms in total. The molecule has 0 saturated carbocycles. The van der Waals surface area contributed by atoms with E-state index in [4.69, 9.17) is 9.47 Å². The van der Waals surface area contributed by atoms with Crippen molar-refractivity contribution >= 4 is 21.6 Å². The van der Waals surface area contributed by atoms with Gasteiger partial charge >= 0.3 is 0 Å². The summed E-state index contributed by atoms with van der Waals surface area (Å²) in [5.74, 6) is -0.258. The van der Waals surface area contributed by atoms with Gasteiger partial charge in [-0.25, -0.2) is 8.42 Å². The predicted octanol–water partition coefficient (Wildman–Crippen LogP) is 1.33. The van der Waals surface area contributed by atoms with Crippen molar-refractivity contribution in [3.05, 3.63) is 54.9 Å². The van der Waals surface area contributed by atoms with E-state index in [1.807, 2.05) is 12.1 Å². The van der Waals surface area contributed by atoms with Gasteiger partial charge in [0.05, 0.1) is 36.7 Å². The number of hydrogen-bond donors (Lipinski definition) is 0.